The van der Waals surface area contributed by atoms with Crippen molar-refractivity contribution in [1.29, 1.82) is 0 Å². The third kappa shape index (κ3) is 5.16. The fourth-order valence-corrected chi connectivity index (χ4v) is 4.17. The van der Waals surface area contributed by atoms with Crippen LogP contribution in [-0.4, -0.2) is 54.0 Å². The van der Waals surface area contributed by atoms with Gasteiger partial charge in [0.15, 0.2) is 0 Å². The molecular weight excluding hydrogens is 383 g/mol. The highest BCUT2D eigenvalue weighted by Crippen LogP contribution is 2.22. The van der Waals surface area contributed by atoms with Gasteiger partial charge in [0.2, 0.25) is 5.91 Å². The molecule has 30 heavy (non-hydrogen) atoms. The number of carbonyl (C=O) groups is 2. The normalized spacial score (nSPS) is 18.7. The van der Waals surface area contributed by atoms with Gasteiger partial charge in [0.25, 0.3) is 0 Å². The van der Waals surface area contributed by atoms with Crippen molar-refractivity contribution in [2.24, 2.45) is 0 Å². The molecule has 2 aromatic carbocycles. The van der Waals surface area contributed by atoms with Crippen molar-refractivity contribution in [3.05, 3.63) is 65.5 Å². The maximum atomic E-state index is 12.9. The SMILES string of the molecule is O=C(NCc1ccc(F)cc1)Nc1ccc(CC(=O)N2CCN3CCC[C@H]3C2)cc1. The van der Waals surface area contributed by atoms with Crippen molar-refractivity contribution < 1.29 is 14.0 Å². The van der Waals surface area contributed by atoms with Crippen LogP contribution in [-0.2, 0) is 17.8 Å². The van der Waals surface area contributed by atoms with E-state index in [1.807, 2.05) is 17.0 Å². The van der Waals surface area contributed by atoms with Crippen LogP contribution in [0.2, 0.25) is 0 Å². The highest BCUT2D eigenvalue weighted by Gasteiger charge is 2.32. The summed E-state index contributed by atoms with van der Waals surface area (Å²) in [7, 11) is 0. The van der Waals surface area contributed by atoms with Crippen LogP contribution in [0.4, 0.5) is 14.9 Å². The summed E-state index contributed by atoms with van der Waals surface area (Å²) in [6.07, 6.45) is 2.80. The van der Waals surface area contributed by atoms with Gasteiger partial charge in [-0.3, -0.25) is 9.69 Å². The fourth-order valence-electron chi connectivity index (χ4n) is 4.17. The Morgan fingerprint density at radius 2 is 1.70 bits per heavy atom. The lowest BCUT2D eigenvalue weighted by molar-refractivity contribution is -0.133. The first-order valence-electron chi connectivity index (χ1n) is 10.5. The molecule has 1 atom stereocenters. The Morgan fingerprint density at radius 3 is 2.47 bits per heavy atom. The molecule has 158 valence electrons. The Labute approximate surface area is 176 Å². The van der Waals surface area contributed by atoms with Gasteiger partial charge in [-0.25, -0.2) is 9.18 Å². The highest BCUT2D eigenvalue weighted by atomic mass is 19.1. The summed E-state index contributed by atoms with van der Waals surface area (Å²) in [5.41, 5.74) is 2.41. The van der Waals surface area contributed by atoms with Gasteiger partial charge in [-0.2, -0.15) is 0 Å². The number of rotatable bonds is 5. The number of anilines is 1. The van der Waals surface area contributed by atoms with Crippen molar-refractivity contribution in [2.75, 3.05) is 31.5 Å². The van der Waals surface area contributed by atoms with Gasteiger partial charge in [-0.05, 0) is 54.8 Å². The monoisotopic (exact) mass is 410 g/mol. The van der Waals surface area contributed by atoms with E-state index in [-0.39, 0.29) is 17.8 Å². The number of nitrogens with zero attached hydrogens (tertiary/aromatic N) is 2. The van der Waals surface area contributed by atoms with Gasteiger partial charge in [0, 0.05) is 37.9 Å². The molecule has 0 saturated carbocycles. The van der Waals surface area contributed by atoms with Crippen LogP contribution < -0.4 is 10.6 Å². The van der Waals surface area contributed by atoms with E-state index in [1.54, 1.807) is 24.3 Å². The third-order valence-electron chi connectivity index (χ3n) is 5.87. The number of fused-ring (bicyclic) bond motifs is 1. The molecule has 3 amide bonds. The Morgan fingerprint density at radius 1 is 0.967 bits per heavy atom. The molecule has 2 fully saturated rings. The second-order valence-corrected chi connectivity index (χ2v) is 7.98. The summed E-state index contributed by atoms with van der Waals surface area (Å²) < 4.78 is 12.9. The summed E-state index contributed by atoms with van der Waals surface area (Å²) in [5, 5.41) is 5.51. The smallest absolute Gasteiger partial charge is 0.319 e. The van der Waals surface area contributed by atoms with Crippen LogP contribution in [0.1, 0.15) is 24.0 Å². The second kappa shape index (κ2) is 9.26. The van der Waals surface area contributed by atoms with Gasteiger partial charge < -0.3 is 15.5 Å². The molecule has 0 spiro atoms. The van der Waals surface area contributed by atoms with Crippen LogP contribution in [0.3, 0.4) is 0 Å². The van der Waals surface area contributed by atoms with Crippen molar-refractivity contribution in [1.82, 2.24) is 15.1 Å². The molecule has 2 aliphatic heterocycles. The van der Waals surface area contributed by atoms with Crippen molar-refractivity contribution >= 4 is 17.6 Å². The topological polar surface area (TPSA) is 64.7 Å². The first kappa shape index (κ1) is 20.3. The van der Waals surface area contributed by atoms with E-state index in [0.717, 1.165) is 30.8 Å². The number of urea groups is 1. The summed E-state index contributed by atoms with van der Waals surface area (Å²) in [5.74, 6) is -0.137. The van der Waals surface area contributed by atoms with Crippen molar-refractivity contribution in [2.45, 2.75) is 31.8 Å². The average molecular weight is 410 g/mol. The van der Waals surface area contributed by atoms with Crippen LogP contribution in [0.15, 0.2) is 48.5 Å². The lowest BCUT2D eigenvalue weighted by Gasteiger charge is -2.37. The third-order valence-corrected chi connectivity index (χ3v) is 5.87. The Kier molecular flexibility index (Phi) is 6.28. The molecule has 0 radical (unpaired) electrons. The predicted octanol–water partition coefficient (Wildman–Crippen LogP) is 3.00. The lowest BCUT2D eigenvalue weighted by atomic mass is 10.1. The average Bonchev–Trinajstić information content (AvgIpc) is 3.22. The van der Waals surface area contributed by atoms with Gasteiger partial charge in [0.1, 0.15) is 5.82 Å². The maximum Gasteiger partial charge on any atom is 0.319 e. The van der Waals surface area contributed by atoms with E-state index >= 15 is 0 Å². The first-order valence-corrected chi connectivity index (χ1v) is 10.5. The number of amides is 3. The molecule has 6 nitrogen and oxygen atoms in total. The van der Waals surface area contributed by atoms with Crippen molar-refractivity contribution in [3.63, 3.8) is 0 Å². The molecule has 0 aliphatic carbocycles. The van der Waals surface area contributed by atoms with E-state index < -0.39 is 0 Å². The highest BCUT2D eigenvalue weighted by molar-refractivity contribution is 5.89. The molecule has 4 rings (SSSR count). The Bertz CT molecular complexity index is 885. The zero-order chi connectivity index (χ0) is 20.9. The molecule has 2 aromatic rings. The Hall–Kier alpha value is -2.93. The minimum atomic E-state index is -0.336. The van der Waals surface area contributed by atoms with Gasteiger partial charge in [0.05, 0.1) is 6.42 Å². The molecule has 7 heteroatoms. The molecule has 0 unspecified atom stereocenters. The minimum absolute atomic E-state index is 0.166. The van der Waals surface area contributed by atoms with Gasteiger partial charge in [-0.15, -0.1) is 0 Å². The van der Waals surface area contributed by atoms with Crippen LogP contribution in [0.5, 0.6) is 0 Å². The van der Waals surface area contributed by atoms with Crippen molar-refractivity contribution in [3.8, 4) is 0 Å². The predicted molar refractivity (Wildman–Crippen MR) is 114 cm³/mol. The number of nitrogens with one attached hydrogen (secondary N) is 2. The van der Waals surface area contributed by atoms with Gasteiger partial charge in [-0.1, -0.05) is 24.3 Å². The maximum absolute atomic E-state index is 12.9. The van der Waals surface area contributed by atoms with E-state index in [9.17, 15) is 14.0 Å². The zero-order valence-electron chi connectivity index (χ0n) is 16.9. The standard InChI is InChI=1S/C23H27FN4O2/c24-19-7-3-18(4-8-19)15-25-23(30)26-20-9-5-17(6-10-20)14-22(29)28-13-12-27-11-1-2-21(27)16-28/h3-10,21H,1-2,11-16H2,(H2,25,26,30)/t21-/m0/s1. The summed E-state index contributed by atoms with van der Waals surface area (Å²) in [6, 6.07) is 13.5. The fraction of sp³-hybridized carbons (Fsp3) is 0.391. The number of hydrogen-bond acceptors (Lipinski definition) is 3. The first-order chi connectivity index (χ1) is 14.6. The second-order valence-electron chi connectivity index (χ2n) is 7.98. The van der Waals surface area contributed by atoms with E-state index in [2.05, 4.69) is 15.5 Å². The molecule has 0 aromatic heterocycles. The lowest BCUT2D eigenvalue weighted by Crippen LogP contribution is -2.52. The molecule has 2 heterocycles. The summed E-state index contributed by atoms with van der Waals surface area (Å²) >= 11 is 0. The number of hydrogen-bond donors (Lipinski definition) is 2. The number of piperazine rings is 1. The van der Waals surface area contributed by atoms with E-state index in [4.69, 9.17) is 0 Å². The molecule has 2 aliphatic rings. The molecular formula is C23H27FN4O2. The van der Waals surface area contributed by atoms with E-state index in [0.29, 0.717) is 24.7 Å². The van der Waals surface area contributed by atoms with Gasteiger partial charge >= 0.3 is 6.03 Å². The van der Waals surface area contributed by atoms with E-state index in [1.165, 1.54) is 31.5 Å². The number of halogens is 1. The summed E-state index contributed by atoms with van der Waals surface area (Å²) in [6.45, 7) is 4.10. The largest absolute Gasteiger partial charge is 0.340 e. The summed E-state index contributed by atoms with van der Waals surface area (Å²) in [4.78, 5) is 29.2. The van der Waals surface area contributed by atoms with Crippen LogP contribution in [0.25, 0.3) is 0 Å². The molecule has 0 bridgehead atoms. The number of benzene rings is 2. The minimum Gasteiger partial charge on any atom is -0.340 e. The van der Waals surface area contributed by atoms with Crippen LogP contribution >= 0.6 is 0 Å². The molecule has 2 saturated heterocycles. The quantitative estimate of drug-likeness (QED) is 0.797. The van der Waals surface area contributed by atoms with Crippen LogP contribution in [0, 0.1) is 5.82 Å². The zero-order valence-corrected chi connectivity index (χ0v) is 16.9. The Balaban J connectivity index is 1.23. The molecule has 2 N–H and O–H groups in total. The number of carbonyl (C=O) groups excluding carboxylic acids is 2.